The number of amides is 1. The quantitative estimate of drug-likeness (QED) is 0.417. The van der Waals surface area contributed by atoms with Gasteiger partial charge in [-0.2, -0.15) is 5.10 Å². The summed E-state index contributed by atoms with van der Waals surface area (Å²) in [6, 6.07) is 18.4. The third-order valence-electron chi connectivity index (χ3n) is 7.18. The monoisotopic (exact) mass is 487 g/mol. The minimum absolute atomic E-state index is 0.0921. The zero-order chi connectivity index (χ0) is 25.7. The van der Waals surface area contributed by atoms with E-state index in [0.717, 1.165) is 73.9 Å². The number of aromatic nitrogens is 2. The average Bonchev–Trinajstić information content (AvgIpc) is 3.22. The van der Waals surface area contributed by atoms with Crippen LogP contribution in [0.5, 0.6) is 0 Å². The minimum Gasteiger partial charge on any atom is -0.354 e. The van der Waals surface area contributed by atoms with Crippen LogP contribution in [0.1, 0.15) is 54.4 Å². The molecule has 6 nitrogen and oxygen atoms in total. The lowest BCUT2D eigenvalue weighted by atomic mass is 10.1. The van der Waals surface area contributed by atoms with Crippen molar-refractivity contribution in [2.75, 3.05) is 44.7 Å². The Morgan fingerprint density at radius 1 is 1.00 bits per heavy atom. The first-order valence-corrected chi connectivity index (χ1v) is 13.3. The van der Waals surface area contributed by atoms with E-state index in [9.17, 15) is 4.79 Å². The van der Waals surface area contributed by atoms with Gasteiger partial charge in [-0.15, -0.1) is 0 Å². The van der Waals surface area contributed by atoms with Crippen molar-refractivity contribution >= 4 is 11.7 Å². The SMILES string of the molecule is CCc1ccc(C(=O)N(CCC(C)C)Cc2c(C)nn(-c3ccccc3)c2N2CCN(C)CC2)cc1. The Bertz CT molecular complexity index is 1130. The molecule has 0 unspecified atom stereocenters. The van der Waals surface area contributed by atoms with E-state index in [2.05, 4.69) is 85.6 Å². The molecule has 3 aromatic rings. The predicted octanol–water partition coefficient (Wildman–Crippen LogP) is 5.18. The van der Waals surface area contributed by atoms with Crippen molar-refractivity contribution in [3.8, 4) is 5.69 Å². The van der Waals surface area contributed by atoms with Crippen LogP contribution < -0.4 is 4.90 Å². The number of rotatable bonds is 9. The summed E-state index contributed by atoms with van der Waals surface area (Å²) < 4.78 is 2.08. The zero-order valence-electron chi connectivity index (χ0n) is 22.6. The van der Waals surface area contributed by atoms with Crippen LogP contribution in [0.3, 0.4) is 0 Å². The molecule has 2 heterocycles. The molecular weight excluding hydrogens is 446 g/mol. The second-order valence-corrected chi connectivity index (χ2v) is 10.4. The molecule has 0 N–H and O–H groups in total. The Balaban J connectivity index is 1.72. The molecule has 36 heavy (non-hydrogen) atoms. The summed E-state index contributed by atoms with van der Waals surface area (Å²) >= 11 is 0. The fourth-order valence-electron chi connectivity index (χ4n) is 4.75. The highest BCUT2D eigenvalue weighted by Crippen LogP contribution is 2.30. The van der Waals surface area contributed by atoms with E-state index >= 15 is 0 Å². The normalized spacial score (nSPS) is 14.4. The molecular formula is C30H41N5O. The molecule has 1 aliphatic heterocycles. The topological polar surface area (TPSA) is 44.6 Å². The molecule has 1 fully saturated rings. The number of para-hydroxylation sites is 1. The van der Waals surface area contributed by atoms with Crippen LogP contribution in [-0.2, 0) is 13.0 Å². The van der Waals surface area contributed by atoms with Crippen molar-refractivity contribution in [3.05, 3.63) is 77.0 Å². The van der Waals surface area contributed by atoms with Crippen molar-refractivity contribution < 1.29 is 4.79 Å². The smallest absolute Gasteiger partial charge is 0.254 e. The number of benzene rings is 2. The maximum atomic E-state index is 13.8. The highest BCUT2D eigenvalue weighted by Gasteiger charge is 2.27. The zero-order valence-corrected chi connectivity index (χ0v) is 22.6. The van der Waals surface area contributed by atoms with Gasteiger partial charge in [-0.3, -0.25) is 4.79 Å². The summed E-state index contributed by atoms with van der Waals surface area (Å²) in [6.45, 7) is 13.8. The van der Waals surface area contributed by atoms with Gasteiger partial charge in [0.05, 0.1) is 17.9 Å². The van der Waals surface area contributed by atoms with Crippen LogP contribution >= 0.6 is 0 Å². The van der Waals surface area contributed by atoms with Gasteiger partial charge in [-0.25, -0.2) is 4.68 Å². The lowest BCUT2D eigenvalue weighted by Crippen LogP contribution is -2.45. The van der Waals surface area contributed by atoms with Gasteiger partial charge in [0.25, 0.3) is 5.91 Å². The number of carbonyl (C=O) groups excluding carboxylic acids is 1. The van der Waals surface area contributed by atoms with Gasteiger partial charge >= 0.3 is 0 Å². The summed E-state index contributed by atoms with van der Waals surface area (Å²) in [7, 11) is 2.17. The van der Waals surface area contributed by atoms with Crippen LogP contribution in [0.25, 0.3) is 5.69 Å². The van der Waals surface area contributed by atoms with Crippen LogP contribution in [0.2, 0.25) is 0 Å². The van der Waals surface area contributed by atoms with Gasteiger partial charge < -0.3 is 14.7 Å². The molecule has 0 aliphatic carbocycles. The average molecular weight is 488 g/mol. The molecule has 0 spiro atoms. The Morgan fingerprint density at radius 2 is 1.67 bits per heavy atom. The van der Waals surface area contributed by atoms with Gasteiger partial charge in [-0.1, -0.05) is 51.1 Å². The summed E-state index contributed by atoms with van der Waals surface area (Å²) in [5.41, 5.74) is 5.18. The molecule has 0 saturated carbocycles. The highest BCUT2D eigenvalue weighted by molar-refractivity contribution is 5.94. The van der Waals surface area contributed by atoms with Crippen molar-refractivity contribution in [3.63, 3.8) is 0 Å². The van der Waals surface area contributed by atoms with Crippen LogP contribution in [-0.4, -0.2) is 65.3 Å². The van der Waals surface area contributed by atoms with Gasteiger partial charge in [0.2, 0.25) is 0 Å². The number of piperazine rings is 1. The molecule has 6 heteroatoms. The highest BCUT2D eigenvalue weighted by atomic mass is 16.2. The summed E-state index contributed by atoms with van der Waals surface area (Å²) in [4.78, 5) is 20.6. The van der Waals surface area contributed by atoms with Crippen molar-refractivity contribution in [2.24, 2.45) is 5.92 Å². The first-order valence-electron chi connectivity index (χ1n) is 13.3. The Morgan fingerprint density at radius 3 is 2.28 bits per heavy atom. The molecule has 1 aromatic heterocycles. The second kappa shape index (κ2) is 11.7. The lowest BCUT2D eigenvalue weighted by Gasteiger charge is -2.35. The van der Waals surface area contributed by atoms with Crippen molar-refractivity contribution in [1.82, 2.24) is 19.6 Å². The van der Waals surface area contributed by atoms with E-state index in [1.165, 1.54) is 5.56 Å². The van der Waals surface area contributed by atoms with E-state index < -0.39 is 0 Å². The van der Waals surface area contributed by atoms with E-state index in [-0.39, 0.29) is 5.91 Å². The minimum atomic E-state index is 0.0921. The standard InChI is InChI=1S/C30H41N5O/c1-6-25-12-14-26(15-13-25)30(36)34(17-16-23(2)3)22-28-24(4)31-35(27-10-8-7-9-11-27)29(28)33-20-18-32(5)19-21-33/h7-15,23H,6,16-22H2,1-5H3. The molecule has 0 bridgehead atoms. The lowest BCUT2D eigenvalue weighted by molar-refractivity contribution is 0.0735. The molecule has 192 valence electrons. The second-order valence-electron chi connectivity index (χ2n) is 10.4. The molecule has 1 aliphatic rings. The van der Waals surface area contributed by atoms with Crippen LogP contribution in [0, 0.1) is 12.8 Å². The van der Waals surface area contributed by atoms with E-state index in [1.807, 2.05) is 23.1 Å². The van der Waals surface area contributed by atoms with Crippen LogP contribution in [0.4, 0.5) is 5.82 Å². The Labute approximate surface area is 216 Å². The van der Waals surface area contributed by atoms with Crippen LogP contribution in [0.15, 0.2) is 54.6 Å². The number of hydrogen-bond donors (Lipinski definition) is 0. The molecule has 1 saturated heterocycles. The summed E-state index contributed by atoms with van der Waals surface area (Å²) in [5.74, 6) is 1.73. The number of hydrogen-bond acceptors (Lipinski definition) is 4. The summed E-state index contributed by atoms with van der Waals surface area (Å²) in [6.07, 6.45) is 1.94. The maximum Gasteiger partial charge on any atom is 0.254 e. The number of likely N-dealkylation sites (N-methyl/N-ethyl adjacent to an activating group) is 1. The molecule has 0 atom stereocenters. The molecule has 2 aromatic carbocycles. The predicted molar refractivity (Wildman–Crippen MR) is 148 cm³/mol. The van der Waals surface area contributed by atoms with Gasteiger partial charge in [0.1, 0.15) is 5.82 Å². The molecule has 4 rings (SSSR count). The van der Waals surface area contributed by atoms with E-state index in [0.29, 0.717) is 12.5 Å². The third-order valence-corrected chi connectivity index (χ3v) is 7.18. The number of carbonyl (C=O) groups is 1. The van der Waals surface area contributed by atoms with Crippen molar-refractivity contribution in [1.29, 1.82) is 0 Å². The van der Waals surface area contributed by atoms with E-state index in [4.69, 9.17) is 5.10 Å². The fraction of sp³-hybridized carbons (Fsp3) is 0.467. The number of aryl methyl sites for hydroxylation is 2. The van der Waals surface area contributed by atoms with Gasteiger partial charge in [-0.05, 0) is 62.6 Å². The first-order chi connectivity index (χ1) is 17.4. The van der Waals surface area contributed by atoms with Crippen molar-refractivity contribution in [2.45, 2.75) is 47.1 Å². The van der Waals surface area contributed by atoms with Gasteiger partial charge in [0, 0.05) is 43.9 Å². The van der Waals surface area contributed by atoms with Gasteiger partial charge in [0.15, 0.2) is 0 Å². The number of nitrogens with zero attached hydrogens (tertiary/aromatic N) is 5. The third kappa shape index (κ3) is 5.98. The fourth-order valence-corrected chi connectivity index (χ4v) is 4.75. The Hall–Kier alpha value is -3.12. The first kappa shape index (κ1) is 26.0. The maximum absolute atomic E-state index is 13.8. The van der Waals surface area contributed by atoms with E-state index in [1.54, 1.807) is 0 Å². The Kier molecular flexibility index (Phi) is 8.47. The molecule has 1 amide bonds. The summed E-state index contributed by atoms with van der Waals surface area (Å²) in [5, 5.41) is 5.00. The molecule has 0 radical (unpaired) electrons. The number of anilines is 1. The largest absolute Gasteiger partial charge is 0.354 e.